The lowest BCUT2D eigenvalue weighted by atomic mass is 9.80. The summed E-state index contributed by atoms with van der Waals surface area (Å²) in [5.74, 6) is 0.661. The van der Waals surface area contributed by atoms with Gasteiger partial charge in [0.25, 0.3) is 5.56 Å². The molecule has 0 bridgehead atoms. The molecule has 0 saturated carbocycles. The van der Waals surface area contributed by atoms with Crippen molar-refractivity contribution in [3.05, 3.63) is 112 Å². The zero-order valence-electron chi connectivity index (χ0n) is 28.9. The highest BCUT2D eigenvalue weighted by atomic mass is 16.7. The van der Waals surface area contributed by atoms with Crippen LogP contribution in [-0.4, -0.2) is 83.6 Å². The van der Waals surface area contributed by atoms with E-state index < -0.39 is 42.5 Å². The maximum atomic E-state index is 13.0. The first-order valence-electron chi connectivity index (χ1n) is 16.4. The molecule has 1 saturated heterocycles. The van der Waals surface area contributed by atoms with Gasteiger partial charge in [-0.05, 0) is 41.0 Å². The van der Waals surface area contributed by atoms with Gasteiger partial charge >= 0.3 is 0 Å². The van der Waals surface area contributed by atoms with Gasteiger partial charge in [0.2, 0.25) is 11.9 Å². The van der Waals surface area contributed by atoms with Crippen molar-refractivity contribution in [2.45, 2.75) is 44.0 Å². The number of hydrogen-bond acceptors (Lipinski definition) is 11. The first-order valence-corrected chi connectivity index (χ1v) is 16.4. The van der Waals surface area contributed by atoms with Gasteiger partial charge in [-0.3, -0.25) is 24.5 Å². The number of hydrogen-bond donors (Lipinski definition) is 3. The Bertz CT molecular complexity index is 1930. The Morgan fingerprint density at radius 1 is 0.941 bits per heavy atom. The summed E-state index contributed by atoms with van der Waals surface area (Å²) >= 11 is 0. The minimum Gasteiger partial charge on any atom is -0.497 e. The molecule has 1 amide bonds. The lowest BCUT2D eigenvalue weighted by Crippen LogP contribution is -2.41. The van der Waals surface area contributed by atoms with E-state index in [4.69, 9.17) is 28.4 Å². The van der Waals surface area contributed by atoms with Crippen LogP contribution in [0.1, 0.15) is 36.8 Å². The Labute approximate surface area is 294 Å². The topological polar surface area (TPSA) is 168 Å². The summed E-state index contributed by atoms with van der Waals surface area (Å²) in [4.78, 5) is 36.7. The molecule has 51 heavy (non-hydrogen) atoms. The quantitative estimate of drug-likeness (QED) is 0.113. The van der Waals surface area contributed by atoms with Gasteiger partial charge < -0.3 is 33.5 Å². The molecule has 5 aromatic rings. The van der Waals surface area contributed by atoms with Crippen LogP contribution in [0.3, 0.4) is 0 Å². The number of fused-ring (bicyclic) bond motifs is 1. The minimum absolute atomic E-state index is 0.0103. The number of rotatable bonds is 14. The number of aromatic amines is 1. The molecule has 0 radical (unpaired) electrons. The van der Waals surface area contributed by atoms with Crippen molar-refractivity contribution in [3.63, 3.8) is 0 Å². The zero-order chi connectivity index (χ0) is 36.1. The predicted octanol–water partition coefficient (Wildman–Crippen LogP) is 3.99. The monoisotopic (exact) mass is 699 g/mol. The van der Waals surface area contributed by atoms with Crippen LogP contribution < -0.4 is 20.3 Å². The van der Waals surface area contributed by atoms with E-state index in [0.29, 0.717) is 11.5 Å². The molecule has 3 N–H and O–H groups in total. The molecule has 1 unspecified atom stereocenters. The predicted molar refractivity (Wildman–Crippen MR) is 187 cm³/mol. The van der Waals surface area contributed by atoms with Gasteiger partial charge in [0.1, 0.15) is 42.2 Å². The number of methoxy groups -OCH3 is 3. The molecule has 4 atom stereocenters. The normalized spacial score (nSPS) is 19.0. The summed E-state index contributed by atoms with van der Waals surface area (Å²) in [5.41, 5.74) is 0.975. The number of carbonyl (C=O) groups excluding carboxylic acids is 1. The van der Waals surface area contributed by atoms with Gasteiger partial charge in [0.05, 0.1) is 27.2 Å². The molecule has 14 heteroatoms. The Balaban J connectivity index is 1.41. The zero-order valence-corrected chi connectivity index (χ0v) is 28.9. The van der Waals surface area contributed by atoms with E-state index in [2.05, 4.69) is 20.3 Å². The highest BCUT2D eigenvalue weighted by molar-refractivity contribution is 5.91. The smallest absolute Gasteiger partial charge is 0.280 e. The average Bonchev–Trinajstić information content (AvgIpc) is 3.74. The Hall–Kier alpha value is -5.12. The number of ether oxygens (including phenoxy) is 6. The number of anilines is 1. The largest absolute Gasteiger partial charge is 0.497 e. The van der Waals surface area contributed by atoms with E-state index in [-0.39, 0.29) is 35.5 Å². The maximum Gasteiger partial charge on any atom is 0.280 e. The Morgan fingerprint density at radius 2 is 1.55 bits per heavy atom. The van der Waals surface area contributed by atoms with Gasteiger partial charge in [-0.1, -0.05) is 68.4 Å². The molecule has 1 aliphatic heterocycles. The third kappa shape index (κ3) is 6.96. The van der Waals surface area contributed by atoms with Crippen molar-refractivity contribution in [1.82, 2.24) is 19.5 Å². The van der Waals surface area contributed by atoms with Crippen molar-refractivity contribution in [3.8, 4) is 11.5 Å². The number of imidazole rings is 1. The van der Waals surface area contributed by atoms with Gasteiger partial charge in [0, 0.05) is 13.0 Å². The van der Waals surface area contributed by atoms with Crippen molar-refractivity contribution >= 4 is 23.0 Å². The minimum atomic E-state index is -1.15. The van der Waals surface area contributed by atoms with Crippen LogP contribution in [0.25, 0.3) is 11.2 Å². The Morgan fingerprint density at radius 3 is 2.10 bits per heavy atom. The van der Waals surface area contributed by atoms with Crippen LogP contribution in [0.4, 0.5) is 5.95 Å². The molecule has 3 aromatic carbocycles. The van der Waals surface area contributed by atoms with E-state index in [1.54, 1.807) is 28.1 Å². The summed E-state index contributed by atoms with van der Waals surface area (Å²) in [5, 5.41) is 12.6. The first kappa shape index (κ1) is 35.7. The Kier molecular flexibility index (Phi) is 10.8. The van der Waals surface area contributed by atoms with Gasteiger partial charge in [0.15, 0.2) is 17.4 Å². The van der Waals surface area contributed by atoms with Crippen molar-refractivity contribution in [2.24, 2.45) is 5.92 Å². The van der Waals surface area contributed by atoms with Crippen LogP contribution in [0.2, 0.25) is 0 Å². The fourth-order valence-electron chi connectivity index (χ4n) is 6.33. The number of H-pyrrole nitrogens is 1. The number of aromatic nitrogens is 4. The molecule has 1 aliphatic rings. The highest BCUT2D eigenvalue weighted by Crippen LogP contribution is 2.43. The molecule has 3 heterocycles. The molecule has 268 valence electrons. The standard InChI is InChI=1S/C37H41N5O9/c1-22(2)33(44)40-36-39-32-29(34(45)41-36)38-20-42(32)35-31(49-21-43)30(48-5)28(51-35)19-50-37(23-9-7-6-8-10-23,24-11-15-26(46-3)16-12-24)25-13-17-27(47-4)18-14-25/h6-18,20,22,28,30-31,35,43H,19,21H2,1-5H3,(H2,39,40,41,44,45)/t28-,30-,31-,35?/m1/s1. The number of benzene rings is 3. The van der Waals surface area contributed by atoms with E-state index in [1.165, 1.54) is 18.0 Å². The second kappa shape index (κ2) is 15.4. The average molecular weight is 700 g/mol. The van der Waals surface area contributed by atoms with Crippen LogP contribution in [0.5, 0.6) is 11.5 Å². The number of carbonyl (C=O) groups is 1. The van der Waals surface area contributed by atoms with E-state index in [0.717, 1.165) is 16.7 Å². The highest BCUT2D eigenvalue weighted by Gasteiger charge is 2.49. The maximum absolute atomic E-state index is 13.0. The number of nitrogens with one attached hydrogen (secondary N) is 2. The molecule has 14 nitrogen and oxygen atoms in total. The van der Waals surface area contributed by atoms with Crippen LogP contribution in [0.15, 0.2) is 90.0 Å². The SMILES string of the molecule is COc1ccc(C(OC[C@H]2OC(n3cnc4c(=O)[nH]c(NC(=O)C(C)C)nc43)[C@H](OCO)[C@@H]2OC)(c2ccccc2)c2ccc(OC)cc2)cc1. The van der Waals surface area contributed by atoms with Crippen molar-refractivity contribution in [1.29, 1.82) is 0 Å². The molecular formula is C37H41N5O9. The molecule has 0 spiro atoms. The number of aliphatic hydroxyl groups is 1. The summed E-state index contributed by atoms with van der Waals surface area (Å²) < 4.78 is 37.9. The second-order valence-corrected chi connectivity index (χ2v) is 12.2. The number of nitrogens with zero attached hydrogens (tertiary/aromatic N) is 3. The van der Waals surface area contributed by atoms with Crippen molar-refractivity contribution in [2.75, 3.05) is 40.0 Å². The van der Waals surface area contributed by atoms with Crippen LogP contribution in [-0.2, 0) is 29.3 Å². The van der Waals surface area contributed by atoms with Gasteiger partial charge in [-0.15, -0.1) is 0 Å². The van der Waals surface area contributed by atoms with E-state index in [9.17, 15) is 14.7 Å². The molecular weight excluding hydrogens is 658 g/mol. The first-order chi connectivity index (χ1) is 24.7. The third-order valence-corrected chi connectivity index (χ3v) is 8.93. The van der Waals surface area contributed by atoms with E-state index in [1.807, 2.05) is 78.9 Å². The molecule has 6 rings (SSSR count). The van der Waals surface area contributed by atoms with Gasteiger partial charge in [-0.2, -0.15) is 4.98 Å². The summed E-state index contributed by atoms with van der Waals surface area (Å²) in [6.07, 6.45) is -1.94. The summed E-state index contributed by atoms with van der Waals surface area (Å²) in [6.45, 7) is 2.80. The van der Waals surface area contributed by atoms with E-state index >= 15 is 0 Å². The summed E-state index contributed by atoms with van der Waals surface area (Å²) in [6, 6.07) is 25.1. The molecule has 0 aliphatic carbocycles. The number of aliphatic hydroxyl groups excluding tert-OH is 1. The van der Waals surface area contributed by atoms with Crippen molar-refractivity contribution < 1.29 is 38.3 Å². The third-order valence-electron chi connectivity index (χ3n) is 8.93. The fourth-order valence-corrected chi connectivity index (χ4v) is 6.33. The second-order valence-electron chi connectivity index (χ2n) is 12.2. The lowest BCUT2D eigenvalue weighted by Gasteiger charge is -2.37. The lowest BCUT2D eigenvalue weighted by molar-refractivity contribution is -0.121. The van der Waals surface area contributed by atoms with Crippen LogP contribution in [0, 0.1) is 5.92 Å². The van der Waals surface area contributed by atoms with Crippen LogP contribution >= 0.6 is 0 Å². The number of amides is 1. The summed E-state index contributed by atoms with van der Waals surface area (Å²) in [7, 11) is 4.74. The molecule has 2 aromatic heterocycles. The fraction of sp³-hybridized carbons (Fsp3) is 0.351. The van der Waals surface area contributed by atoms with Gasteiger partial charge in [-0.25, -0.2) is 4.98 Å². The molecule has 1 fully saturated rings.